The molecule has 0 spiro atoms. The summed E-state index contributed by atoms with van der Waals surface area (Å²) in [6, 6.07) is 16.4. The van der Waals surface area contributed by atoms with Gasteiger partial charge in [-0.2, -0.15) is 0 Å². The molecular formula is C17H21NO3S. The van der Waals surface area contributed by atoms with E-state index in [1.165, 1.54) is 5.56 Å². The van der Waals surface area contributed by atoms with Crippen molar-refractivity contribution in [2.75, 3.05) is 6.54 Å². The van der Waals surface area contributed by atoms with Gasteiger partial charge in [-0.15, -0.1) is 0 Å². The first-order chi connectivity index (χ1) is 10.5. The first-order valence-corrected chi connectivity index (χ1v) is 8.67. The van der Waals surface area contributed by atoms with E-state index in [1.54, 1.807) is 30.3 Å². The predicted molar refractivity (Wildman–Crippen MR) is 87.1 cm³/mol. The fourth-order valence-electron chi connectivity index (χ4n) is 1.89. The van der Waals surface area contributed by atoms with Crippen molar-refractivity contribution in [3.8, 4) is 0 Å². The van der Waals surface area contributed by atoms with Crippen LogP contribution in [0.4, 0.5) is 0 Å². The van der Waals surface area contributed by atoms with Crippen LogP contribution in [0.5, 0.6) is 0 Å². The summed E-state index contributed by atoms with van der Waals surface area (Å²) in [4.78, 5) is 0.265. The number of nitrogens with one attached hydrogen (secondary N) is 1. The van der Waals surface area contributed by atoms with Crippen molar-refractivity contribution < 1.29 is 13.2 Å². The van der Waals surface area contributed by atoms with E-state index in [0.717, 1.165) is 5.56 Å². The summed E-state index contributed by atoms with van der Waals surface area (Å²) in [5.41, 5.74) is 2.27. The van der Waals surface area contributed by atoms with Gasteiger partial charge in [0.2, 0.25) is 10.0 Å². The second-order valence-corrected chi connectivity index (χ2v) is 7.04. The Morgan fingerprint density at radius 1 is 1.05 bits per heavy atom. The molecule has 1 N–H and O–H groups in total. The lowest BCUT2D eigenvalue weighted by Gasteiger charge is -2.14. The Bertz CT molecular complexity index is 682. The van der Waals surface area contributed by atoms with Crippen LogP contribution in [0.3, 0.4) is 0 Å². The summed E-state index contributed by atoms with van der Waals surface area (Å²) in [6.07, 6.45) is -0.209. The molecule has 0 fully saturated rings. The minimum absolute atomic E-state index is 0.209. The van der Waals surface area contributed by atoms with E-state index in [-0.39, 0.29) is 17.5 Å². The van der Waals surface area contributed by atoms with Crippen molar-refractivity contribution in [1.82, 2.24) is 4.72 Å². The standard InChI is InChI=1S/C17H21NO3S/c1-14-8-10-16(11-9-14)13-21-15(2)12-18-22(19,20)17-6-4-3-5-7-17/h3-11,15,18H,12-13H2,1-2H3. The minimum Gasteiger partial charge on any atom is -0.372 e. The summed E-state index contributed by atoms with van der Waals surface area (Å²) < 4.78 is 32.4. The Hall–Kier alpha value is -1.69. The van der Waals surface area contributed by atoms with E-state index in [2.05, 4.69) is 4.72 Å². The van der Waals surface area contributed by atoms with E-state index >= 15 is 0 Å². The topological polar surface area (TPSA) is 55.4 Å². The Morgan fingerprint density at radius 3 is 2.32 bits per heavy atom. The molecule has 22 heavy (non-hydrogen) atoms. The van der Waals surface area contributed by atoms with E-state index in [9.17, 15) is 8.42 Å². The van der Waals surface area contributed by atoms with Crippen molar-refractivity contribution in [3.05, 3.63) is 65.7 Å². The molecule has 5 heteroatoms. The zero-order valence-corrected chi connectivity index (χ0v) is 13.6. The van der Waals surface area contributed by atoms with Gasteiger partial charge in [0, 0.05) is 6.54 Å². The van der Waals surface area contributed by atoms with Crippen LogP contribution < -0.4 is 4.72 Å². The van der Waals surface area contributed by atoms with Crippen LogP contribution in [-0.2, 0) is 21.4 Å². The molecule has 0 aliphatic heterocycles. The van der Waals surface area contributed by atoms with Crippen molar-refractivity contribution in [2.24, 2.45) is 0 Å². The number of hydrogen-bond acceptors (Lipinski definition) is 3. The molecule has 2 rings (SSSR count). The predicted octanol–water partition coefficient (Wildman–Crippen LogP) is 2.88. The van der Waals surface area contributed by atoms with Crippen molar-refractivity contribution in [1.29, 1.82) is 0 Å². The fraction of sp³-hybridized carbons (Fsp3) is 0.294. The molecule has 2 aromatic rings. The Morgan fingerprint density at radius 2 is 1.68 bits per heavy atom. The van der Waals surface area contributed by atoms with Gasteiger partial charge in [0.15, 0.2) is 0 Å². The number of ether oxygens (including phenoxy) is 1. The van der Waals surface area contributed by atoms with Crippen LogP contribution in [0.2, 0.25) is 0 Å². The summed E-state index contributed by atoms with van der Waals surface area (Å²) in [7, 11) is -3.47. The lowest BCUT2D eigenvalue weighted by atomic mass is 10.2. The smallest absolute Gasteiger partial charge is 0.240 e. The van der Waals surface area contributed by atoms with Crippen LogP contribution in [0, 0.1) is 6.92 Å². The fourth-order valence-corrected chi connectivity index (χ4v) is 3.03. The van der Waals surface area contributed by atoms with Crippen LogP contribution in [-0.4, -0.2) is 21.1 Å². The third kappa shape index (κ3) is 4.94. The molecule has 0 aliphatic carbocycles. The molecule has 0 saturated heterocycles. The molecule has 0 radical (unpaired) electrons. The highest BCUT2D eigenvalue weighted by Gasteiger charge is 2.14. The SMILES string of the molecule is Cc1ccc(COC(C)CNS(=O)(=O)c2ccccc2)cc1. The van der Waals surface area contributed by atoms with Crippen LogP contribution >= 0.6 is 0 Å². The second-order valence-electron chi connectivity index (χ2n) is 5.27. The summed E-state index contributed by atoms with van der Waals surface area (Å²) in [6.45, 7) is 4.59. The number of aryl methyl sites for hydroxylation is 1. The third-order valence-electron chi connectivity index (χ3n) is 3.27. The molecule has 0 aromatic heterocycles. The monoisotopic (exact) mass is 319 g/mol. The van der Waals surface area contributed by atoms with Gasteiger partial charge in [0.25, 0.3) is 0 Å². The highest BCUT2D eigenvalue weighted by atomic mass is 32.2. The van der Waals surface area contributed by atoms with Gasteiger partial charge in [-0.05, 0) is 31.5 Å². The van der Waals surface area contributed by atoms with Gasteiger partial charge < -0.3 is 4.74 Å². The van der Waals surface area contributed by atoms with Crippen molar-refractivity contribution in [2.45, 2.75) is 31.5 Å². The summed E-state index contributed by atoms with van der Waals surface area (Å²) in [5, 5.41) is 0. The van der Waals surface area contributed by atoms with Gasteiger partial charge in [-0.3, -0.25) is 0 Å². The van der Waals surface area contributed by atoms with Crippen molar-refractivity contribution in [3.63, 3.8) is 0 Å². The minimum atomic E-state index is -3.47. The van der Waals surface area contributed by atoms with Gasteiger partial charge in [0.1, 0.15) is 0 Å². The average Bonchev–Trinajstić information content (AvgIpc) is 2.53. The molecule has 0 amide bonds. The molecule has 1 unspecified atom stereocenters. The maximum absolute atomic E-state index is 12.1. The highest BCUT2D eigenvalue weighted by molar-refractivity contribution is 7.89. The Balaban J connectivity index is 1.82. The lowest BCUT2D eigenvalue weighted by molar-refractivity contribution is 0.0566. The molecule has 118 valence electrons. The maximum Gasteiger partial charge on any atom is 0.240 e. The number of hydrogen-bond donors (Lipinski definition) is 1. The normalized spacial score (nSPS) is 13.0. The van der Waals surface area contributed by atoms with E-state index in [0.29, 0.717) is 6.61 Å². The molecule has 0 bridgehead atoms. The Labute approximate surface area is 132 Å². The molecule has 4 nitrogen and oxygen atoms in total. The summed E-state index contributed by atoms with van der Waals surface area (Å²) >= 11 is 0. The summed E-state index contributed by atoms with van der Waals surface area (Å²) in [5.74, 6) is 0. The second kappa shape index (κ2) is 7.54. The third-order valence-corrected chi connectivity index (χ3v) is 4.71. The Kier molecular flexibility index (Phi) is 5.71. The molecule has 1 atom stereocenters. The molecular weight excluding hydrogens is 298 g/mol. The molecule has 0 heterocycles. The van der Waals surface area contributed by atoms with Crippen LogP contribution in [0.1, 0.15) is 18.1 Å². The highest BCUT2D eigenvalue weighted by Crippen LogP contribution is 2.08. The van der Waals surface area contributed by atoms with E-state index in [1.807, 2.05) is 38.1 Å². The van der Waals surface area contributed by atoms with Crippen LogP contribution in [0.15, 0.2) is 59.5 Å². The van der Waals surface area contributed by atoms with Crippen LogP contribution in [0.25, 0.3) is 0 Å². The maximum atomic E-state index is 12.1. The first-order valence-electron chi connectivity index (χ1n) is 7.19. The van der Waals surface area contributed by atoms with Gasteiger partial charge >= 0.3 is 0 Å². The average molecular weight is 319 g/mol. The quantitative estimate of drug-likeness (QED) is 0.854. The van der Waals surface area contributed by atoms with E-state index in [4.69, 9.17) is 4.74 Å². The first kappa shape index (κ1) is 16.7. The largest absolute Gasteiger partial charge is 0.372 e. The van der Waals surface area contributed by atoms with Gasteiger partial charge in [-0.25, -0.2) is 13.1 Å². The molecule has 0 aliphatic rings. The number of rotatable bonds is 7. The molecule has 0 saturated carbocycles. The lowest BCUT2D eigenvalue weighted by Crippen LogP contribution is -2.32. The number of sulfonamides is 1. The molecule has 2 aromatic carbocycles. The van der Waals surface area contributed by atoms with E-state index < -0.39 is 10.0 Å². The zero-order chi connectivity index (χ0) is 16.0. The van der Waals surface area contributed by atoms with Gasteiger partial charge in [0.05, 0.1) is 17.6 Å². The van der Waals surface area contributed by atoms with Gasteiger partial charge in [-0.1, -0.05) is 48.0 Å². The number of benzene rings is 2. The van der Waals surface area contributed by atoms with Crippen molar-refractivity contribution >= 4 is 10.0 Å². The zero-order valence-electron chi connectivity index (χ0n) is 12.8.